The van der Waals surface area contributed by atoms with E-state index in [0.29, 0.717) is 24.0 Å². The van der Waals surface area contributed by atoms with Gasteiger partial charge in [0.2, 0.25) is 5.78 Å². The van der Waals surface area contributed by atoms with Crippen LogP contribution in [0.4, 0.5) is 0 Å². The van der Waals surface area contributed by atoms with Gasteiger partial charge in [-0.1, -0.05) is 69.7 Å². The van der Waals surface area contributed by atoms with Crippen molar-refractivity contribution in [3.63, 3.8) is 0 Å². The van der Waals surface area contributed by atoms with Crippen molar-refractivity contribution in [3.05, 3.63) is 59.7 Å². The van der Waals surface area contributed by atoms with Crippen LogP contribution in [-0.4, -0.2) is 29.9 Å². The number of rotatable bonds is 11. The van der Waals surface area contributed by atoms with Gasteiger partial charge < -0.3 is 9.47 Å². The molecule has 5 nitrogen and oxygen atoms in total. The number of ether oxygens (including phenoxy) is 2. The maximum Gasteiger partial charge on any atom is 0.339 e. The molecule has 5 heteroatoms. The molecule has 2 atom stereocenters. The molecular weight excluding hydrogens is 392 g/mol. The van der Waals surface area contributed by atoms with Crippen LogP contribution in [0.5, 0.6) is 0 Å². The predicted molar refractivity (Wildman–Crippen MR) is 121 cm³/mol. The van der Waals surface area contributed by atoms with Crippen LogP contribution in [0.1, 0.15) is 80.5 Å². The molecule has 0 aliphatic heterocycles. The third-order valence-corrected chi connectivity index (χ3v) is 5.10. The highest BCUT2D eigenvalue weighted by atomic mass is 16.5. The molecule has 0 aliphatic rings. The van der Waals surface area contributed by atoms with Crippen LogP contribution in [-0.2, 0) is 14.3 Å². The smallest absolute Gasteiger partial charge is 0.339 e. The Hall–Kier alpha value is -2.95. The van der Waals surface area contributed by atoms with E-state index in [9.17, 15) is 14.4 Å². The zero-order chi connectivity index (χ0) is 22.8. The fourth-order valence-corrected chi connectivity index (χ4v) is 3.36. The number of Topliss-reactive ketones (excluding diaryl/α,β-unsaturated/α-hetero) is 1. The Bertz CT molecular complexity index is 885. The van der Waals surface area contributed by atoms with Crippen molar-refractivity contribution in [2.75, 3.05) is 0 Å². The Morgan fingerprint density at radius 1 is 0.871 bits per heavy atom. The second-order valence-electron chi connectivity index (χ2n) is 7.59. The summed E-state index contributed by atoms with van der Waals surface area (Å²) in [5.74, 6) is -0.970. The number of carbonyl (C=O) groups is 3. The fraction of sp³-hybridized carbons (Fsp3) is 0.423. The lowest BCUT2D eigenvalue weighted by Crippen LogP contribution is -2.24. The summed E-state index contributed by atoms with van der Waals surface area (Å²) in [5, 5.41) is 0. The molecule has 166 valence electrons. The zero-order valence-electron chi connectivity index (χ0n) is 18.9. The first-order chi connectivity index (χ1) is 14.9. The SMILES string of the molecule is CCCC(=O)OC(C)C(=O)c1ccc(-c2ccccc2C(=O)OC(CC)CCC)cc1. The average Bonchev–Trinajstić information content (AvgIpc) is 2.78. The maximum atomic E-state index is 12.8. The predicted octanol–water partition coefficient (Wildman–Crippen LogP) is 6.00. The molecule has 0 spiro atoms. The van der Waals surface area contributed by atoms with E-state index in [0.717, 1.165) is 30.4 Å². The van der Waals surface area contributed by atoms with Crippen LogP contribution in [0.15, 0.2) is 48.5 Å². The minimum absolute atomic E-state index is 0.0949. The minimum Gasteiger partial charge on any atom is -0.459 e. The quantitative estimate of drug-likeness (QED) is 0.327. The topological polar surface area (TPSA) is 69.7 Å². The number of benzene rings is 2. The molecule has 0 saturated carbocycles. The largest absolute Gasteiger partial charge is 0.459 e. The first kappa shape index (κ1) is 24.3. The average molecular weight is 425 g/mol. The second-order valence-corrected chi connectivity index (χ2v) is 7.59. The van der Waals surface area contributed by atoms with Crippen LogP contribution in [0.2, 0.25) is 0 Å². The molecule has 2 unspecified atom stereocenters. The number of carbonyl (C=O) groups excluding carboxylic acids is 3. The molecule has 0 bridgehead atoms. The summed E-state index contributed by atoms with van der Waals surface area (Å²) in [5.41, 5.74) is 2.51. The maximum absolute atomic E-state index is 12.8. The molecule has 2 rings (SSSR count). The molecule has 0 saturated heterocycles. The lowest BCUT2D eigenvalue weighted by Gasteiger charge is -2.17. The van der Waals surface area contributed by atoms with Crippen LogP contribution < -0.4 is 0 Å². The summed E-state index contributed by atoms with van der Waals surface area (Å²) in [4.78, 5) is 37.0. The van der Waals surface area contributed by atoms with Gasteiger partial charge in [-0.05, 0) is 43.4 Å². The summed E-state index contributed by atoms with van der Waals surface area (Å²) in [7, 11) is 0. The Kier molecular flexibility index (Phi) is 9.44. The molecule has 0 amide bonds. The molecule has 0 heterocycles. The molecule has 31 heavy (non-hydrogen) atoms. The Balaban J connectivity index is 2.19. The highest BCUT2D eigenvalue weighted by molar-refractivity contribution is 6.01. The summed E-state index contributed by atoms with van der Waals surface area (Å²) in [6.07, 6.45) is 2.60. The van der Waals surface area contributed by atoms with E-state index in [1.165, 1.54) is 0 Å². The fourth-order valence-electron chi connectivity index (χ4n) is 3.36. The molecule has 0 aliphatic carbocycles. The molecule has 0 radical (unpaired) electrons. The van der Waals surface area contributed by atoms with Gasteiger partial charge in [0.15, 0.2) is 6.10 Å². The van der Waals surface area contributed by atoms with Crippen LogP contribution >= 0.6 is 0 Å². The Morgan fingerprint density at radius 3 is 2.16 bits per heavy atom. The van der Waals surface area contributed by atoms with E-state index in [1.54, 1.807) is 37.3 Å². The molecule has 0 aromatic heterocycles. The van der Waals surface area contributed by atoms with Gasteiger partial charge in [-0.15, -0.1) is 0 Å². The first-order valence-corrected chi connectivity index (χ1v) is 11.0. The van der Waals surface area contributed by atoms with Gasteiger partial charge in [-0.25, -0.2) is 4.79 Å². The van der Waals surface area contributed by atoms with Crippen molar-refractivity contribution in [1.29, 1.82) is 0 Å². The van der Waals surface area contributed by atoms with E-state index in [-0.39, 0.29) is 23.8 Å². The summed E-state index contributed by atoms with van der Waals surface area (Å²) < 4.78 is 10.9. The van der Waals surface area contributed by atoms with Gasteiger partial charge in [-0.2, -0.15) is 0 Å². The standard InChI is InChI=1S/C26H32O5/c1-5-10-21(7-3)31-26(29)23-13-9-8-12-22(23)19-14-16-20(17-15-19)25(28)18(4)30-24(27)11-6-2/h8-9,12-18,21H,5-7,10-11H2,1-4H3. The summed E-state index contributed by atoms with van der Waals surface area (Å²) >= 11 is 0. The van der Waals surface area contributed by atoms with E-state index in [2.05, 4.69) is 6.92 Å². The lowest BCUT2D eigenvalue weighted by molar-refractivity contribution is -0.146. The Morgan fingerprint density at radius 2 is 1.55 bits per heavy atom. The number of esters is 2. The minimum atomic E-state index is -0.836. The van der Waals surface area contributed by atoms with E-state index < -0.39 is 6.10 Å². The van der Waals surface area contributed by atoms with Crippen molar-refractivity contribution in [3.8, 4) is 11.1 Å². The third-order valence-electron chi connectivity index (χ3n) is 5.10. The number of ketones is 1. The van der Waals surface area contributed by atoms with Gasteiger partial charge in [0.05, 0.1) is 5.56 Å². The van der Waals surface area contributed by atoms with Crippen molar-refractivity contribution < 1.29 is 23.9 Å². The van der Waals surface area contributed by atoms with E-state index in [1.807, 2.05) is 32.0 Å². The van der Waals surface area contributed by atoms with Crippen LogP contribution in [0, 0.1) is 0 Å². The van der Waals surface area contributed by atoms with E-state index >= 15 is 0 Å². The number of hydrogen-bond donors (Lipinski definition) is 0. The third kappa shape index (κ3) is 6.78. The lowest BCUT2D eigenvalue weighted by atomic mass is 9.97. The molecule has 0 N–H and O–H groups in total. The zero-order valence-corrected chi connectivity index (χ0v) is 18.9. The van der Waals surface area contributed by atoms with Gasteiger partial charge in [0, 0.05) is 12.0 Å². The van der Waals surface area contributed by atoms with Gasteiger partial charge in [-0.3, -0.25) is 9.59 Å². The number of hydrogen-bond acceptors (Lipinski definition) is 5. The van der Waals surface area contributed by atoms with Crippen molar-refractivity contribution in [2.24, 2.45) is 0 Å². The normalized spacial score (nSPS) is 12.6. The van der Waals surface area contributed by atoms with Crippen molar-refractivity contribution in [2.45, 2.75) is 72.0 Å². The monoisotopic (exact) mass is 424 g/mol. The van der Waals surface area contributed by atoms with Gasteiger partial charge in [0.25, 0.3) is 0 Å². The summed E-state index contributed by atoms with van der Waals surface area (Å²) in [6.45, 7) is 7.54. The van der Waals surface area contributed by atoms with Crippen molar-refractivity contribution in [1.82, 2.24) is 0 Å². The molecular formula is C26H32O5. The molecule has 0 fully saturated rings. The van der Waals surface area contributed by atoms with Gasteiger partial charge >= 0.3 is 11.9 Å². The molecule has 2 aromatic carbocycles. The van der Waals surface area contributed by atoms with E-state index in [4.69, 9.17) is 9.47 Å². The van der Waals surface area contributed by atoms with Crippen LogP contribution in [0.3, 0.4) is 0 Å². The molecule has 2 aromatic rings. The highest BCUT2D eigenvalue weighted by Crippen LogP contribution is 2.26. The highest BCUT2D eigenvalue weighted by Gasteiger charge is 2.21. The second kappa shape index (κ2) is 12.0. The first-order valence-electron chi connectivity index (χ1n) is 11.0. The van der Waals surface area contributed by atoms with Crippen molar-refractivity contribution >= 4 is 17.7 Å². The Labute approximate surface area is 184 Å². The summed E-state index contributed by atoms with van der Waals surface area (Å²) in [6, 6.07) is 14.3. The van der Waals surface area contributed by atoms with Crippen LogP contribution in [0.25, 0.3) is 11.1 Å². The van der Waals surface area contributed by atoms with Gasteiger partial charge in [0.1, 0.15) is 6.10 Å².